The van der Waals surface area contributed by atoms with Crippen LogP contribution in [0, 0.1) is 0 Å². The molecule has 0 N–H and O–H groups in total. The van der Waals surface area contributed by atoms with Gasteiger partial charge in [-0.25, -0.2) is 19.9 Å². The number of hydrogen-bond acceptors (Lipinski definition) is 5. The van der Waals surface area contributed by atoms with Gasteiger partial charge in [-0.15, -0.1) is 0 Å². The minimum atomic E-state index is 0.502. The van der Waals surface area contributed by atoms with Gasteiger partial charge in [-0.05, 0) is 34.9 Å². The fourth-order valence-electron chi connectivity index (χ4n) is 7.12. The van der Waals surface area contributed by atoms with Gasteiger partial charge < -0.3 is 4.74 Å². The minimum absolute atomic E-state index is 0.502. The standard InChI is InChI=1S/C46H31N7O/c1-51-30-52(40-24-11-10-23-39(40)51)33-19-14-20-34(27-33)54-42-29-41-36(35-21-8-9-22-38(35)53(41)43-25-12-13-26-47-43)28-37(42)46-49-44(31-15-4-2-5-16-31)48-45(50-46)32-17-6-3-7-18-32/h2-29H,1H3/q+2. The van der Waals surface area contributed by atoms with E-state index in [4.69, 9.17) is 24.7 Å². The van der Waals surface area contributed by atoms with Crippen LogP contribution in [0.5, 0.6) is 11.5 Å². The van der Waals surface area contributed by atoms with Crippen LogP contribution in [0.4, 0.5) is 17.1 Å². The van der Waals surface area contributed by atoms with E-state index in [1.54, 1.807) is 0 Å². The topological polar surface area (TPSA) is 71.7 Å². The lowest BCUT2D eigenvalue weighted by Crippen LogP contribution is -2.02. The van der Waals surface area contributed by atoms with Gasteiger partial charge in [-0.3, -0.25) is 4.57 Å². The van der Waals surface area contributed by atoms with Crippen molar-refractivity contribution >= 4 is 44.9 Å². The van der Waals surface area contributed by atoms with Crippen molar-refractivity contribution in [1.82, 2.24) is 29.1 Å². The Kier molecular flexibility index (Phi) is 7.46. The zero-order valence-electron chi connectivity index (χ0n) is 29.2. The molecule has 0 amide bonds. The van der Waals surface area contributed by atoms with E-state index in [0.717, 1.165) is 61.4 Å². The Morgan fingerprint density at radius 1 is 0.556 bits per heavy atom. The van der Waals surface area contributed by atoms with Crippen molar-refractivity contribution in [2.24, 2.45) is 0 Å². The second kappa shape index (κ2) is 12.9. The lowest BCUT2D eigenvalue weighted by atomic mass is 10.1. The van der Waals surface area contributed by atoms with Gasteiger partial charge in [0.25, 0.3) is 11.4 Å². The fourth-order valence-corrected chi connectivity index (χ4v) is 7.12. The van der Waals surface area contributed by atoms with Gasteiger partial charge in [-0.2, -0.15) is 0 Å². The first-order valence-corrected chi connectivity index (χ1v) is 17.7. The summed E-state index contributed by atoms with van der Waals surface area (Å²) in [6, 6.07) is 58.3. The molecule has 0 atom stereocenters. The summed E-state index contributed by atoms with van der Waals surface area (Å²) in [7, 11) is 2.00. The Morgan fingerprint density at radius 2 is 1.22 bits per heavy atom. The molecule has 0 aliphatic carbocycles. The van der Waals surface area contributed by atoms with E-state index in [-0.39, 0.29) is 0 Å². The summed E-state index contributed by atoms with van der Waals surface area (Å²) in [5.41, 5.74) is 7.55. The first-order valence-electron chi connectivity index (χ1n) is 17.7. The molecule has 6 aromatic carbocycles. The molecule has 0 radical (unpaired) electrons. The Morgan fingerprint density at radius 3 is 1.96 bits per heavy atom. The highest BCUT2D eigenvalue weighted by atomic mass is 16.5. The Labute approximate surface area is 310 Å². The first-order chi connectivity index (χ1) is 26.7. The van der Waals surface area contributed by atoms with Gasteiger partial charge >= 0.3 is 6.01 Å². The highest BCUT2D eigenvalue weighted by molar-refractivity contribution is 6.11. The zero-order valence-corrected chi connectivity index (χ0v) is 29.2. The van der Waals surface area contributed by atoms with Gasteiger partial charge in [0.1, 0.15) is 17.3 Å². The molecule has 0 bridgehead atoms. The number of aromatic nitrogens is 5. The van der Waals surface area contributed by atoms with Gasteiger partial charge in [0.2, 0.25) is 5.69 Å². The van der Waals surface area contributed by atoms with Crippen LogP contribution in [0.3, 0.4) is 0 Å². The summed E-state index contributed by atoms with van der Waals surface area (Å²) in [5, 5.41) is 2.10. The highest BCUT2D eigenvalue weighted by Crippen LogP contribution is 2.42. The molecule has 0 fully saturated rings. The highest BCUT2D eigenvalue weighted by Gasteiger charge is 2.32. The number of nitrogens with zero attached hydrogens (tertiary/aromatic N) is 7. The van der Waals surface area contributed by atoms with E-state index < -0.39 is 0 Å². The monoisotopic (exact) mass is 697 g/mol. The number of rotatable bonds is 7. The van der Waals surface area contributed by atoms with Gasteiger partial charge in [0, 0.05) is 52.4 Å². The average Bonchev–Trinajstić information content (AvgIpc) is 3.75. The second-order valence-corrected chi connectivity index (χ2v) is 13.0. The SMILES string of the molecule is C[N+]1=C=[N+](c2cccc(Oc3cc4c(cc3-c3nc(-c5ccccc5)nc(-c5ccccc5)n3)c3ccccc3n4-c3ccccn3)c2)c2ccccc21. The van der Waals surface area contributed by atoms with Crippen LogP contribution in [0.25, 0.3) is 61.8 Å². The smallest absolute Gasteiger partial charge is 0.456 e. The summed E-state index contributed by atoms with van der Waals surface area (Å²) in [6.45, 7) is 0. The zero-order chi connectivity index (χ0) is 36.0. The Bertz CT molecular complexity index is 2890. The molecule has 10 rings (SSSR count). The number of benzene rings is 6. The number of pyridine rings is 1. The maximum atomic E-state index is 6.96. The molecule has 0 unspecified atom stereocenters. The summed E-state index contributed by atoms with van der Waals surface area (Å²) in [5.74, 6) is 3.71. The second-order valence-electron chi connectivity index (χ2n) is 13.0. The molecule has 9 aromatic rings. The van der Waals surface area contributed by atoms with E-state index in [9.17, 15) is 0 Å². The molecule has 0 saturated heterocycles. The number of fused-ring (bicyclic) bond motifs is 4. The molecule has 8 nitrogen and oxygen atoms in total. The summed E-state index contributed by atoms with van der Waals surface area (Å²) < 4.78 is 13.2. The lowest BCUT2D eigenvalue weighted by molar-refractivity contribution is -0.394. The largest absolute Gasteiger partial charge is 0.496 e. The van der Waals surface area contributed by atoms with Crippen molar-refractivity contribution < 1.29 is 9.31 Å². The quantitative estimate of drug-likeness (QED) is 0.155. The van der Waals surface area contributed by atoms with Crippen LogP contribution in [-0.2, 0) is 0 Å². The normalized spacial score (nSPS) is 12.1. The van der Waals surface area contributed by atoms with Crippen LogP contribution < -0.4 is 9.31 Å². The maximum Gasteiger partial charge on any atom is 0.496 e. The summed E-state index contributed by atoms with van der Waals surface area (Å²) in [4.78, 5) is 20.0. The molecular formula is C46H31N7O+2. The molecular weight excluding hydrogens is 667 g/mol. The van der Waals surface area contributed by atoms with Crippen LogP contribution in [0.15, 0.2) is 170 Å². The third kappa shape index (κ3) is 5.42. The van der Waals surface area contributed by atoms with Crippen molar-refractivity contribution in [1.29, 1.82) is 0 Å². The van der Waals surface area contributed by atoms with E-state index in [2.05, 4.69) is 69.7 Å². The predicted molar refractivity (Wildman–Crippen MR) is 214 cm³/mol. The van der Waals surface area contributed by atoms with Gasteiger partial charge in [-0.1, -0.05) is 108 Å². The molecule has 254 valence electrons. The van der Waals surface area contributed by atoms with Crippen molar-refractivity contribution in [3.05, 3.63) is 170 Å². The van der Waals surface area contributed by atoms with Crippen LogP contribution in [0.2, 0.25) is 0 Å². The lowest BCUT2D eigenvalue weighted by Gasteiger charge is -2.14. The number of hydrogen-bond donors (Lipinski definition) is 0. The maximum absolute atomic E-state index is 6.96. The molecule has 0 spiro atoms. The van der Waals surface area contributed by atoms with E-state index in [0.29, 0.717) is 29.0 Å². The molecule has 4 heterocycles. The van der Waals surface area contributed by atoms with E-state index >= 15 is 0 Å². The van der Waals surface area contributed by atoms with Crippen LogP contribution in [0.1, 0.15) is 0 Å². The van der Waals surface area contributed by atoms with Gasteiger partial charge in [0.05, 0.1) is 22.7 Å². The van der Waals surface area contributed by atoms with Crippen molar-refractivity contribution in [3.63, 3.8) is 0 Å². The summed E-state index contributed by atoms with van der Waals surface area (Å²) in [6.07, 6.45) is 1.82. The Balaban J connectivity index is 1.21. The minimum Gasteiger partial charge on any atom is -0.456 e. The van der Waals surface area contributed by atoms with Crippen LogP contribution >= 0.6 is 0 Å². The molecule has 54 heavy (non-hydrogen) atoms. The molecule has 8 heteroatoms. The molecule has 1 aliphatic heterocycles. The third-order valence-electron chi connectivity index (χ3n) is 9.63. The third-order valence-corrected chi connectivity index (χ3v) is 9.63. The van der Waals surface area contributed by atoms with Crippen molar-refractivity contribution in [3.8, 4) is 51.5 Å². The fraction of sp³-hybridized carbons (Fsp3) is 0.0217. The Hall–Kier alpha value is -7.54. The van der Waals surface area contributed by atoms with Crippen LogP contribution in [-0.4, -0.2) is 42.1 Å². The first kappa shape index (κ1) is 31.2. The van der Waals surface area contributed by atoms with E-state index in [1.165, 1.54) is 0 Å². The molecule has 0 saturated carbocycles. The molecule has 1 aliphatic rings. The number of para-hydroxylation sites is 3. The van der Waals surface area contributed by atoms with Gasteiger partial charge in [0.15, 0.2) is 24.5 Å². The summed E-state index contributed by atoms with van der Waals surface area (Å²) >= 11 is 0. The van der Waals surface area contributed by atoms with E-state index in [1.807, 2.05) is 127 Å². The average molecular weight is 698 g/mol. The van der Waals surface area contributed by atoms with Crippen molar-refractivity contribution in [2.45, 2.75) is 0 Å². The van der Waals surface area contributed by atoms with Crippen molar-refractivity contribution in [2.75, 3.05) is 7.05 Å². The molecule has 3 aromatic heterocycles. The number of ether oxygens (including phenoxy) is 1. The predicted octanol–water partition coefficient (Wildman–Crippen LogP) is 10.5.